The first-order chi connectivity index (χ1) is 23.7. The lowest BCUT2D eigenvalue weighted by atomic mass is 9.85. The van der Waals surface area contributed by atoms with Crippen LogP contribution in [0.15, 0.2) is 36.9 Å². The second-order valence-corrected chi connectivity index (χ2v) is 17.4. The summed E-state index contributed by atoms with van der Waals surface area (Å²) in [5.41, 5.74) is 0.323. The van der Waals surface area contributed by atoms with Crippen molar-refractivity contribution in [3.63, 3.8) is 0 Å². The number of alkyl carbamates (subject to hydrolysis) is 1. The molecule has 1 saturated heterocycles. The van der Waals surface area contributed by atoms with Gasteiger partial charge < -0.3 is 25.0 Å². The number of cyclic esters (lactones) is 1. The molecule has 2 aliphatic heterocycles. The third-order valence-electron chi connectivity index (χ3n) is 10.3. The van der Waals surface area contributed by atoms with Gasteiger partial charge in [-0.05, 0) is 67.9 Å². The molecule has 4 amide bonds. The molecular weight excluding hydrogens is 660 g/mol. The van der Waals surface area contributed by atoms with Crippen LogP contribution in [0, 0.1) is 11.3 Å². The van der Waals surface area contributed by atoms with Crippen molar-refractivity contribution >= 4 is 33.8 Å². The summed E-state index contributed by atoms with van der Waals surface area (Å²) in [6.45, 7) is 10.0. The van der Waals surface area contributed by atoms with Gasteiger partial charge in [0.15, 0.2) is 0 Å². The van der Waals surface area contributed by atoms with Gasteiger partial charge >= 0.3 is 6.09 Å². The number of aryl methyl sites for hydroxylation is 2. The Morgan fingerprint density at radius 3 is 2.36 bits per heavy atom. The molecule has 5 atom stereocenters. The number of carbonyl (C=O) groups is 4. The van der Waals surface area contributed by atoms with E-state index in [2.05, 4.69) is 46.2 Å². The number of benzene rings is 1. The van der Waals surface area contributed by atoms with Gasteiger partial charge in [0.1, 0.15) is 17.6 Å². The highest BCUT2D eigenvalue weighted by atomic mass is 32.2. The number of hydrogen-bond acceptors (Lipinski definition) is 8. The lowest BCUT2D eigenvalue weighted by Gasteiger charge is -2.35. The fourth-order valence-electron chi connectivity index (χ4n) is 7.00. The van der Waals surface area contributed by atoms with Crippen LogP contribution in [0.2, 0.25) is 0 Å². The molecule has 4 aliphatic rings. The largest absolute Gasteiger partial charge is 0.450 e. The molecule has 5 rings (SSSR count). The highest BCUT2D eigenvalue weighted by Gasteiger charge is 2.62. The zero-order chi connectivity index (χ0) is 36.1. The highest BCUT2D eigenvalue weighted by molar-refractivity contribution is 7.91. The minimum atomic E-state index is -3.85. The molecule has 3 fully saturated rings. The summed E-state index contributed by atoms with van der Waals surface area (Å²) < 4.78 is 39.1. The Hall–Kier alpha value is -3.45. The number of nitrogens with zero attached hydrogens (tertiary/aromatic N) is 1. The molecule has 13 heteroatoms. The molecule has 0 radical (unpaired) electrons. The Labute approximate surface area is 296 Å². The predicted octanol–water partition coefficient (Wildman–Crippen LogP) is 3.92. The predicted molar refractivity (Wildman–Crippen MR) is 188 cm³/mol. The minimum absolute atomic E-state index is 0.107. The number of carbonyl (C=O) groups excluding carboxylic acids is 4. The molecule has 2 heterocycles. The van der Waals surface area contributed by atoms with Gasteiger partial charge in [0.2, 0.25) is 21.8 Å². The Morgan fingerprint density at radius 2 is 1.70 bits per heavy atom. The molecule has 2 aliphatic carbocycles. The maximum atomic E-state index is 14.3. The molecule has 1 aromatic rings. The number of ether oxygens (including phenoxy) is 2. The van der Waals surface area contributed by atoms with Gasteiger partial charge in [0.25, 0.3) is 5.91 Å². The van der Waals surface area contributed by atoms with Crippen LogP contribution in [-0.4, -0.2) is 85.9 Å². The SMILES string of the molecule is C=C[C@@H]1C[C@]1(NC(=O)[C@@H]1C[C@@H]2CN1C(=O)[C@H](C(C)(C)C)NC(=O)OCCCCCCCc1cccc(c1)CCCO2)C(=O)NS(=O)(=O)C1CC1. The molecule has 50 heavy (non-hydrogen) atoms. The molecule has 276 valence electrons. The maximum Gasteiger partial charge on any atom is 0.407 e. The van der Waals surface area contributed by atoms with Crippen LogP contribution < -0.4 is 15.4 Å². The van der Waals surface area contributed by atoms with E-state index >= 15 is 0 Å². The maximum absolute atomic E-state index is 14.3. The topological polar surface area (TPSA) is 160 Å². The first kappa shape index (κ1) is 37.8. The van der Waals surface area contributed by atoms with E-state index in [0.29, 0.717) is 25.9 Å². The van der Waals surface area contributed by atoms with Crippen molar-refractivity contribution in [2.24, 2.45) is 11.3 Å². The monoisotopic (exact) mass is 714 g/mol. The molecule has 0 unspecified atom stereocenters. The molecule has 0 aromatic heterocycles. The standard InChI is InChI=1S/C37H54N4O8S/c1-5-27-23-37(27,34(44)40-50(46,47)29-17-18-29)39-32(42)30-22-28-24-41(30)33(43)31(36(2,3)4)38-35(45)49-19-10-8-6-7-9-13-25-14-11-15-26(21-25)16-12-20-48-28/h5,11,14-15,21,27-31H,1,6-10,12-13,16-20,22-24H2,2-4H3,(H,38,45)(H,39,42)(H,40,44)/t27-,28-,30+,31-,37-/m1/s1. The van der Waals surface area contributed by atoms with Gasteiger partial charge in [0.05, 0.1) is 18.0 Å². The van der Waals surface area contributed by atoms with E-state index in [1.165, 1.54) is 22.1 Å². The van der Waals surface area contributed by atoms with E-state index < -0.39 is 74.1 Å². The van der Waals surface area contributed by atoms with Crippen LogP contribution in [0.4, 0.5) is 4.79 Å². The number of amides is 4. The summed E-state index contributed by atoms with van der Waals surface area (Å²) in [6.07, 6.45) is 9.15. The van der Waals surface area contributed by atoms with Gasteiger partial charge in [0, 0.05) is 25.5 Å². The molecular formula is C37H54N4O8S. The van der Waals surface area contributed by atoms with Crippen LogP contribution in [0.1, 0.15) is 96.1 Å². The van der Waals surface area contributed by atoms with Gasteiger partial charge in [-0.25, -0.2) is 13.2 Å². The normalized spacial score (nSPS) is 29.0. The van der Waals surface area contributed by atoms with E-state index in [4.69, 9.17) is 9.47 Å². The number of rotatable bonds is 6. The van der Waals surface area contributed by atoms with Crippen molar-refractivity contribution in [3.8, 4) is 0 Å². The number of sulfonamides is 1. The van der Waals surface area contributed by atoms with Crippen molar-refractivity contribution in [2.45, 2.75) is 127 Å². The van der Waals surface area contributed by atoms with Crippen LogP contribution >= 0.6 is 0 Å². The van der Waals surface area contributed by atoms with Gasteiger partial charge in [-0.1, -0.05) is 70.4 Å². The quantitative estimate of drug-likeness (QED) is 0.374. The summed E-state index contributed by atoms with van der Waals surface area (Å²) in [4.78, 5) is 56.1. The Kier molecular flexibility index (Phi) is 12.0. The number of nitrogens with one attached hydrogen (secondary N) is 3. The Bertz CT molecular complexity index is 1540. The zero-order valence-electron chi connectivity index (χ0n) is 29.7. The molecule has 3 N–H and O–H groups in total. The Morgan fingerprint density at radius 1 is 1.02 bits per heavy atom. The first-order valence-corrected chi connectivity index (χ1v) is 19.7. The molecule has 4 bridgehead atoms. The number of hydrogen-bond donors (Lipinski definition) is 3. The van der Waals surface area contributed by atoms with Crippen LogP contribution in [0.25, 0.3) is 0 Å². The molecule has 0 spiro atoms. The highest BCUT2D eigenvalue weighted by Crippen LogP contribution is 2.45. The molecule has 1 aromatic carbocycles. The Balaban J connectivity index is 1.35. The summed E-state index contributed by atoms with van der Waals surface area (Å²) in [5.74, 6) is -2.33. The van der Waals surface area contributed by atoms with E-state index in [1.807, 2.05) is 20.8 Å². The second kappa shape index (κ2) is 15.8. The van der Waals surface area contributed by atoms with Crippen LogP contribution in [0.5, 0.6) is 0 Å². The van der Waals surface area contributed by atoms with Gasteiger partial charge in [-0.15, -0.1) is 6.58 Å². The van der Waals surface area contributed by atoms with E-state index in [1.54, 1.807) is 0 Å². The number of fused-ring (bicyclic) bond motifs is 4. The third kappa shape index (κ3) is 9.45. The second-order valence-electron chi connectivity index (χ2n) is 15.4. The average molecular weight is 715 g/mol. The summed E-state index contributed by atoms with van der Waals surface area (Å²) >= 11 is 0. The lowest BCUT2D eigenvalue weighted by molar-refractivity contribution is -0.143. The van der Waals surface area contributed by atoms with Crippen molar-refractivity contribution in [1.82, 2.24) is 20.3 Å². The van der Waals surface area contributed by atoms with Gasteiger partial charge in [-0.2, -0.15) is 0 Å². The van der Waals surface area contributed by atoms with Gasteiger partial charge in [-0.3, -0.25) is 19.1 Å². The molecule has 12 nitrogen and oxygen atoms in total. The average Bonchev–Trinajstić information content (AvgIpc) is 3.99. The third-order valence-corrected chi connectivity index (χ3v) is 12.1. The minimum Gasteiger partial charge on any atom is -0.450 e. The summed E-state index contributed by atoms with van der Waals surface area (Å²) in [6, 6.07) is 6.57. The van der Waals surface area contributed by atoms with Crippen LogP contribution in [0.3, 0.4) is 0 Å². The fraction of sp³-hybridized carbons (Fsp3) is 0.676. The zero-order valence-corrected chi connectivity index (χ0v) is 30.5. The van der Waals surface area contributed by atoms with E-state index in [-0.39, 0.29) is 26.0 Å². The first-order valence-electron chi connectivity index (χ1n) is 18.2. The lowest BCUT2D eigenvalue weighted by Crippen LogP contribution is -2.60. The summed E-state index contributed by atoms with van der Waals surface area (Å²) in [7, 11) is -3.85. The van der Waals surface area contributed by atoms with Crippen molar-refractivity contribution < 1.29 is 37.1 Å². The van der Waals surface area contributed by atoms with Crippen molar-refractivity contribution in [3.05, 3.63) is 48.0 Å². The molecule has 2 saturated carbocycles. The van der Waals surface area contributed by atoms with E-state index in [9.17, 15) is 27.6 Å². The van der Waals surface area contributed by atoms with Crippen LogP contribution in [-0.2, 0) is 46.7 Å². The van der Waals surface area contributed by atoms with E-state index in [0.717, 1.165) is 44.9 Å². The fourth-order valence-corrected chi connectivity index (χ4v) is 8.36. The smallest absolute Gasteiger partial charge is 0.407 e. The van der Waals surface area contributed by atoms with Crippen molar-refractivity contribution in [1.29, 1.82) is 0 Å². The summed E-state index contributed by atoms with van der Waals surface area (Å²) in [5, 5.41) is 4.96. The van der Waals surface area contributed by atoms with Crippen molar-refractivity contribution in [2.75, 3.05) is 19.8 Å².